The lowest BCUT2D eigenvalue weighted by Gasteiger charge is -2.07. The highest BCUT2D eigenvalue weighted by molar-refractivity contribution is 7.92. The molecule has 0 atom stereocenters. The number of aliphatic hydroxyl groups excluding tert-OH is 1. The predicted molar refractivity (Wildman–Crippen MR) is 70.0 cm³/mol. The van der Waals surface area contributed by atoms with Crippen molar-refractivity contribution >= 4 is 27.2 Å². The van der Waals surface area contributed by atoms with Gasteiger partial charge in [0.1, 0.15) is 10.7 Å². The third kappa shape index (κ3) is 2.69. The van der Waals surface area contributed by atoms with Gasteiger partial charge in [-0.25, -0.2) is 13.4 Å². The number of nitrogens with one attached hydrogen (secondary N) is 1. The Balaban J connectivity index is 2.33. The fourth-order valence-corrected chi connectivity index (χ4v) is 3.77. The molecule has 0 aliphatic rings. The van der Waals surface area contributed by atoms with Crippen LogP contribution in [0.15, 0.2) is 34.5 Å². The standard InChI is InChI=1S/C11H12N2O3S2/c1-8-3-2-4-11(12-8)13-18(15,16)10-5-6-17-9(10)7-14/h2-6,14H,7H2,1H3,(H,12,13). The third-order valence-electron chi connectivity index (χ3n) is 2.26. The SMILES string of the molecule is Cc1cccc(NS(=O)(=O)c2ccsc2CO)n1. The smallest absolute Gasteiger partial charge is 0.264 e. The first kappa shape index (κ1) is 13.0. The molecule has 0 aliphatic carbocycles. The molecule has 0 fully saturated rings. The minimum atomic E-state index is -3.69. The lowest BCUT2D eigenvalue weighted by Crippen LogP contribution is -2.14. The van der Waals surface area contributed by atoms with Crippen LogP contribution in [0.4, 0.5) is 5.82 Å². The van der Waals surface area contributed by atoms with Crippen LogP contribution in [0.25, 0.3) is 0 Å². The number of anilines is 1. The highest BCUT2D eigenvalue weighted by Gasteiger charge is 2.19. The van der Waals surface area contributed by atoms with Crippen LogP contribution in [0.1, 0.15) is 10.6 Å². The Morgan fingerprint density at radius 2 is 2.17 bits per heavy atom. The van der Waals surface area contributed by atoms with Crippen LogP contribution in [0.2, 0.25) is 0 Å². The molecule has 0 saturated heterocycles. The van der Waals surface area contributed by atoms with Crippen molar-refractivity contribution < 1.29 is 13.5 Å². The number of nitrogens with zero attached hydrogens (tertiary/aromatic N) is 1. The van der Waals surface area contributed by atoms with Crippen LogP contribution < -0.4 is 4.72 Å². The zero-order chi connectivity index (χ0) is 13.2. The maximum atomic E-state index is 12.1. The molecule has 0 spiro atoms. The van der Waals surface area contributed by atoms with Gasteiger partial charge in [0.05, 0.1) is 11.5 Å². The third-order valence-corrected chi connectivity index (χ3v) is 4.74. The quantitative estimate of drug-likeness (QED) is 0.896. The van der Waals surface area contributed by atoms with E-state index in [0.29, 0.717) is 4.88 Å². The van der Waals surface area contributed by atoms with E-state index < -0.39 is 10.0 Å². The fraction of sp³-hybridized carbons (Fsp3) is 0.182. The maximum absolute atomic E-state index is 12.1. The number of pyridine rings is 1. The average molecular weight is 284 g/mol. The highest BCUT2D eigenvalue weighted by Crippen LogP contribution is 2.23. The van der Waals surface area contributed by atoms with Gasteiger partial charge < -0.3 is 5.11 Å². The van der Waals surface area contributed by atoms with E-state index in [4.69, 9.17) is 5.11 Å². The predicted octanol–water partition coefficient (Wildman–Crippen LogP) is 1.74. The zero-order valence-electron chi connectivity index (χ0n) is 9.62. The summed E-state index contributed by atoms with van der Waals surface area (Å²) in [5.74, 6) is 0.269. The van der Waals surface area contributed by atoms with Gasteiger partial charge in [-0.05, 0) is 30.5 Å². The summed E-state index contributed by atoms with van der Waals surface area (Å²) in [6, 6.07) is 6.55. The second kappa shape index (κ2) is 5.05. The Hall–Kier alpha value is -1.44. The number of rotatable bonds is 4. The molecule has 2 rings (SSSR count). The van der Waals surface area contributed by atoms with Gasteiger partial charge in [-0.1, -0.05) is 6.07 Å². The van der Waals surface area contributed by atoms with E-state index in [1.165, 1.54) is 17.4 Å². The lowest BCUT2D eigenvalue weighted by atomic mass is 10.4. The van der Waals surface area contributed by atoms with E-state index in [-0.39, 0.29) is 17.3 Å². The summed E-state index contributed by atoms with van der Waals surface area (Å²) < 4.78 is 26.6. The topological polar surface area (TPSA) is 79.3 Å². The summed E-state index contributed by atoms with van der Waals surface area (Å²) >= 11 is 1.20. The first-order valence-corrected chi connectivity index (χ1v) is 7.53. The Morgan fingerprint density at radius 3 is 2.83 bits per heavy atom. The molecule has 0 radical (unpaired) electrons. The van der Waals surface area contributed by atoms with E-state index >= 15 is 0 Å². The van der Waals surface area contributed by atoms with Crippen molar-refractivity contribution in [2.24, 2.45) is 0 Å². The van der Waals surface area contributed by atoms with Crippen molar-refractivity contribution in [2.45, 2.75) is 18.4 Å². The first-order valence-electron chi connectivity index (χ1n) is 5.16. The van der Waals surface area contributed by atoms with Crippen LogP contribution in [0, 0.1) is 6.92 Å². The van der Waals surface area contributed by atoms with E-state index in [1.54, 1.807) is 30.5 Å². The number of aliphatic hydroxyl groups is 1. The van der Waals surface area contributed by atoms with E-state index in [1.807, 2.05) is 0 Å². The number of hydrogen-bond donors (Lipinski definition) is 2. The molecule has 0 amide bonds. The van der Waals surface area contributed by atoms with Crippen LogP contribution in [-0.2, 0) is 16.6 Å². The molecule has 0 aliphatic heterocycles. The van der Waals surface area contributed by atoms with Crippen molar-refractivity contribution in [3.05, 3.63) is 40.2 Å². The van der Waals surface area contributed by atoms with Crippen LogP contribution in [0.3, 0.4) is 0 Å². The van der Waals surface area contributed by atoms with E-state index in [9.17, 15) is 8.42 Å². The number of thiophene rings is 1. The Labute approximate surface area is 109 Å². The van der Waals surface area contributed by atoms with Gasteiger partial charge in [-0.2, -0.15) is 0 Å². The molecule has 0 unspecified atom stereocenters. The molecule has 18 heavy (non-hydrogen) atoms. The fourth-order valence-electron chi connectivity index (χ4n) is 1.48. The summed E-state index contributed by atoms with van der Waals surface area (Å²) in [6.07, 6.45) is 0. The Bertz CT molecular complexity index is 650. The number of aryl methyl sites for hydroxylation is 1. The van der Waals surface area contributed by atoms with Gasteiger partial charge >= 0.3 is 0 Å². The molecule has 0 aromatic carbocycles. The van der Waals surface area contributed by atoms with Gasteiger partial charge in [0.15, 0.2) is 0 Å². The van der Waals surface area contributed by atoms with Crippen LogP contribution in [-0.4, -0.2) is 18.5 Å². The van der Waals surface area contributed by atoms with Crippen molar-refractivity contribution in [3.63, 3.8) is 0 Å². The molecule has 7 heteroatoms. The summed E-state index contributed by atoms with van der Waals surface area (Å²) in [4.78, 5) is 4.58. The van der Waals surface area contributed by atoms with E-state index in [0.717, 1.165) is 5.69 Å². The summed E-state index contributed by atoms with van der Waals surface area (Å²) in [5.41, 5.74) is 0.725. The molecule has 2 aromatic heterocycles. The molecule has 2 aromatic rings. The molecule has 0 bridgehead atoms. The highest BCUT2D eigenvalue weighted by atomic mass is 32.2. The summed E-state index contributed by atoms with van der Waals surface area (Å²) in [7, 11) is -3.69. The van der Waals surface area contributed by atoms with Crippen molar-refractivity contribution in [2.75, 3.05) is 4.72 Å². The first-order chi connectivity index (χ1) is 8.53. The van der Waals surface area contributed by atoms with Gasteiger partial charge in [0.25, 0.3) is 10.0 Å². The normalized spacial score (nSPS) is 11.4. The van der Waals surface area contributed by atoms with Gasteiger partial charge in [0, 0.05) is 5.69 Å². The summed E-state index contributed by atoms with van der Waals surface area (Å²) in [5, 5.41) is 10.7. The molecule has 2 heterocycles. The van der Waals surface area contributed by atoms with Crippen molar-refractivity contribution in [1.82, 2.24) is 4.98 Å². The second-order valence-electron chi connectivity index (χ2n) is 3.64. The molecular weight excluding hydrogens is 272 g/mol. The Kier molecular flexibility index (Phi) is 3.65. The zero-order valence-corrected chi connectivity index (χ0v) is 11.3. The van der Waals surface area contributed by atoms with Gasteiger partial charge in [0.2, 0.25) is 0 Å². The average Bonchev–Trinajstić information content (AvgIpc) is 2.77. The van der Waals surface area contributed by atoms with E-state index in [2.05, 4.69) is 9.71 Å². The van der Waals surface area contributed by atoms with Crippen molar-refractivity contribution in [3.8, 4) is 0 Å². The summed E-state index contributed by atoms with van der Waals surface area (Å²) in [6.45, 7) is 1.48. The molecule has 5 nitrogen and oxygen atoms in total. The molecule has 2 N–H and O–H groups in total. The van der Waals surface area contributed by atoms with Gasteiger partial charge in [-0.3, -0.25) is 4.72 Å². The number of sulfonamides is 1. The Morgan fingerprint density at radius 1 is 1.39 bits per heavy atom. The van der Waals surface area contributed by atoms with Crippen LogP contribution >= 0.6 is 11.3 Å². The maximum Gasteiger partial charge on any atom is 0.264 e. The second-order valence-corrected chi connectivity index (χ2v) is 6.29. The van der Waals surface area contributed by atoms with Crippen molar-refractivity contribution in [1.29, 1.82) is 0 Å². The number of hydrogen-bond acceptors (Lipinski definition) is 5. The monoisotopic (exact) mass is 284 g/mol. The van der Waals surface area contributed by atoms with Gasteiger partial charge in [-0.15, -0.1) is 11.3 Å². The largest absolute Gasteiger partial charge is 0.391 e. The minimum absolute atomic E-state index is 0.0957. The van der Waals surface area contributed by atoms with Crippen LogP contribution in [0.5, 0.6) is 0 Å². The lowest BCUT2D eigenvalue weighted by molar-refractivity contribution is 0.282. The number of aromatic nitrogens is 1. The minimum Gasteiger partial charge on any atom is -0.391 e. The molecule has 0 saturated carbocycles. The molecule has 96 valence electrons. The molecular formula is C11H12N2O3S2.